The zero-order chi connectivity index (χ0) is 38.6. The van der Waals surface area contributed by atoms with E-state index >= 15 is 0 Å². The van der Waals surface area contributed by atoms with Crippen LogP contribution in [0.1, 0.15) is 17.4 Å². The standard InChI is InChI=1S/C27H33N9O15P2/c1-10-3-12-13(4-11(10)2)35(24-18(32-12)25(42)34-27(43)33-24)5-14(37)19(39)15(38)6-48-52(44,45)51-53(46,47)49-7-16-20(40)21(41)26(50-16)36-9-31-17-22(28)29-8-30-23(17)36/h3-4,8-9,14-16,19-21,26,37-41H,5-7H2,1-2H3,(H,44,45)(H,46,47)(H2,28,29,30)(H,34,42,43)/t14-,15+,16-,19-,20+,21-,26-/m0/s1. The molecule has 2 aromatic heterocycles. The number of nitrogens with zero attached hydrogens (tertiary/aromatic N) is 7. The van der Waals surface area contributed by atoms with E-state index in [4.69, 9.17) is 15.0 Å². The molecule has 0 amide bonds. The van der Waals surface area contributed by atoms with Crippen LogP contribution in [0, 0.1) is 13.8 Å². The molecule has 0 spiro atoms. The SMILES string of the molecule is Cc1cc2nc3c(=O)[nH]c(=O)nc-3n(C[C@H](O)[C@H](O)[C@H](O)COP(=O)(O)OP(=O)(O)OC[C@@H]3O[C@H](n4cnc5c(N)ncnc54)[C@@H](O)[C@@H]3O)c2cc1C. The van der Waals surface area contributed by atoms with Gasteiger partial charge in [-0.05, 0) is 37.1 Å². The fraction of sp³-hybridized carbons (Fsp3) is 0.444. The molecule has 0 radical (unpaired) electrons. The lowest BCUT2D eigenvalue weighted by Gasteiger charge is -2.26. The van der Waals surface area contributed by atoms with Crippen molar-refractivity contribution in [3.8, 4) is 11.5 Å². The Morgan fingerprint density at radius 2 is 1.68 bits per heavy atom. The number of ether oxygens (including phenoxy) is 1. The van der Waals surface area contributed by atoms with Crippen molar-refractivity contribution < 1.29 is 62.5 Å². The molecular formula is C27H33N9O15P2. The third kappa shape index (κ3) is 7.91. The monoisotopic (exact) mass is 785 g/mol. The van der Waals surface area contributed by atoms with Crippen LogP contribution in [0.3, 0.4) is 0 Å². The summed E-state index contributed by atoms with van der Waals surface area (Å²) >= 11 is 0. The molecule has 26 heteroatoms. The predicted molar refractivity (Wildman–Crippen MR) is 177 cm³/mol. The number of phosphoric acid groups is 2. The normalized spacial score (nSPS) is 23.3. The van der Waals surface area contributed by atoms with Crippen molar-refractivity contribution in [3.63, 3.8) is 0 Å². The van der Waals surface area contributed by atoms with Gasteiger partial charge >= 0.3 is 21.3 Å². The van der Waals surface area contributed by atoms with Crippen molar-refractivity contribution in [3.05, 3.63) is 56.8 Å². The van der Waals surface area contributed by atoms with E-state index in [9.17, 15) is 54.0 Å². The third-order valence-corrected chi connectivity index (χ3v) is 11.0. The number of fused-ring (bicyclic) bond motifs is 3. The average molecular weight is 786 g/mol. The van der Waals surface area contributed by atoms with Crippen molar-refractivity contribution in [1.82, 2.24) is 39.0 Å². The number of nitrogen functional groups attached to an aromatic ring is 1. The number of aromatic nitrogens is 8. The van der Waals surface area contributed by atoms with Gasteiger partial charge in [0.2, 0.25) is 0 Å². The Bertz CT molecular complexity index is 2350. The van der Waals surface area contributed by atoms with Crippen molar-refractivity contribution >= 4 is 43.7 Å². The van der Waals surface area contributed by atoms with Crippen molar-refractivity contribution in [2.24, 2.45) is 0 Å². The molecule has 9 atom stereocenters. The Morgan fingerprint density at radius 1 is 0.981 bits per heavy atom. The summed E-state index contributed by atoms with van der Waals surface area (Å²) in [5.74, 6) is -0.212. The Hall–Kier alpha value is -4.13. The predicted octanol–water partition coefficient (Wildman–Crippen LogP) is -2.42. The van der Waals surface area contributed by atoms with Crippen LogP contribution in [0.2, 0.25) is 0 Å². The van der Waals surface area contributed by atoms with Crippen LogP contribution in [-0.2, 0) is 33.8 Å². The number of nitrogens with one attached hydrogen (secondary N) is 1. The lowest BCUT2D eigenvalue weighted by Crippen LogP contribution is -2.42. The molecule has 3 aromatic rings. The van der Waals surface area contributed by atoms with Crippen molar-refractivity contribution in [2.75, 3.05) is 18.9 Å². The van der Waals surface area contributed by atoms with E-state index in [0.717, 1.165) is 17.5 Å². The van der Waals surface area contributed by atoms with E-state index in [2.05, 4.69) is 33.8 Å². The minimum absolute atomic E-state index is 0.0293. The molecule has 3 aliphatic heterocycles. The van der Waals surface area contributed by atoms with Crippen LogP contribution in [0.4, 0.5) is 5.82 Å². The second-order valence-corrected chi connectivity index (χ2v) is 15.1. The summed E-state index contributed by atoms with van der Waals surface area (Å²) in [6.07, 6.45) is -9.93. The fourth-order valence-electron chi connectivity index (χ4n) is 5.55. The number of hydrogen-bond donors (Lipinski definition) is 9. The number of benzene rings is 1. The molecular weight excluding hydrogens is 752 g/mol. The van der Waals surface area contributed by atoms with Gasteiger partial charge in [-0.1, -0.05) is 0 Å². The molecule has 5 heterocycles. The highest BCUT2D eigenvalue weighted by atomic mass is 31.3. The van der Waals surface area contributed by atoms with Gasteiger partial charge in [-0.3, -0.25) is 23.4 Å². The minimum Gasteiger partial charge on any atom is -0.388 e. The third-order valence-electron chi connectivity index (χ3n) is 8.40. The first-order valence-electron chi connectivity index (χ1n) is 15.4. The van der Waals surface area contributed by atoms with E-state index in [1.807, 2.05) is 4.98 Å². The van der Waals surface area contributed by atoms with Gasteiger partial charge in [0.15, 0.2) is 29.2 Å². The highest BCUT2D eigenvalue weighted by molar-refractivity contribution is 7.61. The molecule has 53 heavy (non-hydrogen) atoms. The first-order valence-corrected chi connectivity index (χ1v) is 18.4. The van der Waals surface area contributed by atoms with Crippen molar-refractivity contribution in [1.29, 1.82) is 0 Å². The van der Waals surface area contributed by atoms with Gasteiger partial charge in [0.05, 0.1) is 37.1 Å². The molecule has 0 aliphatic carbocycles. The topological polar surface area (TPSA) is 363 Å². The van der Waals surface area contributed by atoms with E-state index in [-0.39, 0.29) is 34.0 Å². The maximum absolute atomic E-state index is 12.5. The lowest BCUT2D eigenvalue weighted by atomic mass is 10.1. The summed E-state index contributed by atoms with van der Waals surface area (Å²) < 4.78 is 46.6. The number of phosphoric ester groups is 2. The molecule has 10 N–H and O–H groups in total. The molecule has 1 aromatic carbocycles. The summed E-state index contributed by atoms with van der Waals surface area (Å²) in [6, 6.07) is 3.29. The number of imidazole rings is 1. The van der Waals surface area contributed by atoms with Gasteiger partial charge in [-0.2, -0.15) is 9.29 Å². The van der Waals surface area contributed by atoms with Crippen LogP contribution < -0.4 is 17.0 Å². The summed E-state index contributed by atoms with van der Waals surface area (Å²) in [4.78, 5) is 66.6. The highest BCUT2D eigenvalue weighted by Crippen LogP contribution is 2.60. The fourth-order valence-corrected chi connectivity index (χ4v) is 7.65. The maximum Gasteiger partial charge on any atom is 0.481 e. The first-order chi connectivity index (χ1) is 24.9. The van der Waals surface area contributed by atoms with Gasteiger partial charge in [-0.15, -0.1) is 0 Å². The molecule has 24 nitrogen and oxygen atoms in total. The molecule has 0 bridgehead atoms. The van der Waals surface area contributed by atoms with E-state index < -0.39 is 89.5 Å². The number of aryl methyl sites for hydroxylation is 2. The van der Waals surface area contributed by atoms with Crippen LogP contribution in [-0.4, -0.2) is 124 Å². The molecule has 6 rings (SSSR count). The molecule has 1 saturated heterocycles. The van der Waals surface area contributed by atoms with Crippen LogP contribution in [0.5, 0.6) is 0 Å². The van der Waals surface area contributed by atoms with Gasteiger partial charge < -0.3 is 50.4 Å². The summed E-state index contributed by atoms with van der Waals surface area (Å²) in [7, 11) is -11.0. The summed E-state index contributed by atoms with van der Waals surface area (Å²) in [5, 5.41) is 53.0. The number of aliphatic hydroxyl groups excluding tert-OH is 5. The van der Waals surface area contributed by atoms with Crippen LogP contribution >= 0.6 is 15.6 Å². The number of aliphatic hydroxyl groups is 5. The lowest BCUT2D eigenvalue weighted by molar-refractivity contribution is -0.0794. The van der Waals surface area contributed by atoms with Crippen LogP contribution in [0.25, 0.3) is 33.7 Å². The average Bonchev–Trinajstić information content (AvgIpc) is 3.63. The molecule has 2 unspecified atom stereocenters. The number of nitrogens with two attached hydrogens (primary N) is 1. The second-order valence-electron chi connectivity index (χ2n) is 12.1. The van der Waals surface area contributed by atoms with Gasteiger partial charge in [0.25, 0.3) is 5.56 Å². The van der Waals surface area contributed by atoms with Gasteiger partial charge in [0.1, 0.15) is 48.5 Å². The molecule has 286 valence electrons. The molecule has 3 aliphatic rings. The Balaban J connectivity index is 1.07. The quantitative estimate of drug-likeness (QED) is 0.0443. The number of rotatable bonds is 13. The van der Waals surface area contributed by atoms with E-state index in [1.54, 1.807) is 26.0 Å². The highest BCUT2D eigenvalue weighted by Gasteiger charge is 2.46. The summed E-state index contributed by atoms with van der Waals surface area (Å²) in [6.45, 7) is 0.795. The van der Waals surface area contributed by atoms with Gasteiger partial charge in [0, 0.05) is 0 Å². The largest absolute Gasteiger partial charge is 0.481 e. The smallest absolute Gasteiger partial charge is 0.388 e. The maximum atomic E-state index is 12.5. The zero-order valence-corrected chi connectivity index (χ0v) is 29.3. The van der Waals surface area contributed by atoms with Crippen molar-refractivity contribution in [2.45, 2.75) is 63.2 Å². The second kappa shape index (κ2) is 14.6. The number of aromatic amines is 1. The minimum atomic E-state index is -5.54. The Morgan fingerprint density at radius 3 is 2.42 bits per heavy atom. The Labute approximate surface area is 295 Å². The van der Waals surface area contributed by atoms with E-state index in [1.165, 1.54) is 15.5 Å². The summed E-state index contributed by atoms with van der Waals surface area (Å²) in [5.41, 5.74) is 6.11. The number of hydrogen-bond acceptors (Lipinski definition) is 19. The number of H-pyrrole nitrogens is 1. The van der Waals surface area contributed by atoms with Crippen LogP contribution in [0.15, 0.2) is 34.4 Å². The zero-order valence-electron chi connectivity index (χ0n) is 27.5. The Kier molecular flexibility index (Phi) is 10.6. The van der Waals surface area contributed by atoms with Gasteiger partial charge in [-0.25, -0.2) is 33.9 Å². The first kappa shape index (κ1) is 38.6. The number of anilines is 1. The molecule has 0 saturated carbocycles. The molecule has 1 fully saturated rings. The van der Waals surface area contributed by atoms with E-state index in [0.29, 0.717) is 5.52 Å².